The summed E-state index contributed by atoms with van der Waals surface area (Å²) in [4.78, 5) is 11.6. The van der Waals surface area contributed by atoms with Gasteiger partial charge in [0, 0.05) is 6.04 Å². The van der Waals surface area contributed by atoms with Crippen molar-refractivity contribution in [3.8, 4) is 0 Å². The van der Waals surface area contributed by atoms with Crippen LogP contribution in [-0.4, -0.2) is 24.7 Å². The van der Waals surface area contributed by atoms with E-state index in [1.165, 1.54) is 19.3 Å². The molecular weight excluding hydrogens is 214 g/mol. The highest BCUT2D eigenvalue weighted by atomic mass is 16.5. The summed E-state index contributed by atoms with van der Waals surface area (Å²) in [6.07, 6.45) is 6.44. The first kappa shape index (κ1) is 16.4. The summed E-state index contributed by atoms with van der Waals surface area (Å²) < 4.78 is 5.37. The first-order valence-corrected chi connectivity index (χ1v) is 7.03. The van der Waals surface area contributed by atoms with Crippen molar-refractivity contribution in [2.24, 2.45) is 0 Å². The number of ether oxygens (including phenoxy) is 1. The fourth-order valence-electron chi connectivity index (χ4n) is 1.86. The molecule has 1 N–H and O–H groups in total. The van der Waals surface area contributed by atoms with Crippen molar-refractivity contribution in [3.05, 3.63) is 0 Å². The lowest BCUT2D eigenvalue weighted by molar-refractivity contribution is -0.149. The molecule has 0 heterocycles. The molecule has 3 heteroatoms. The third-order valence-corrected chi connectivity index (χ3v) is 2.82. The molecule has 0 aromatic carbocycles. The quantitative estimate of drug-likeness (QED) is 0.473. The maximum Gasteiger partial charge on any atom is 0.307 e. The monoisotopic (exact) mass is 243 g/mol. The summed E-state index contributed by atoms with van der Waals surface area (Å²) in [6.45, 7) is 9.13. The predicted molar refractivity (Wildman–Crippen MR) is 72.1 cm³/mol. The molecule has 102 valence electrons. The van der Waals surface area contributed by atoms with E-state index in [1.807, 2.05) is 20.8 Å². The zero-order chi connectivity index (χ0) is 13.1. The summed E-state index contributed by atoms with van der Waals surface area (Å²) in [5, 5.41) is 3.21. The van der Waals surface area contributed by atoms with Crippen LogP contribution in [-0.2, 0) is 9.53 Å². The predicted octanol–water partition coefficient (Wildman–Crippen LogP) is 3.28. The second kappa shape index (κ2) is 10.6. The smallest absolute Gasteiger partial charge is 0.307 e. The molecule has 0 spiro atoms. The molecular formula is C14H29NO2. The van der Waals surface area contributed by atoms with Crippen LogP contribution in [0.4, 0.5) is 0 Å². The van der Waals surface area contributed by atoms with Crippen molar-refractivity contribution in [1.29, 1.82) is 0 Å². The van der Waals surface area contributed by atoms with Gasteiger partial charge in [-0.25, -0.2) is 0 Å². The topological polar surface area (TPSA) is 38.3 Å². The Morgan fingerprint density at radius 2 is 1.88 bits per heavy atom. The van der Waals surface area contributed by atoms with Gasteiger partial charge in [-0.1, -0.05) is 33.1 Å². The molecule has 0 aliphatic heterocycles. The van der Waals surface area contributed by atoms with Gasteiger partial charge in [-0.3, -0.25) is 4.79 Å². The molecule has 17 heavy (non-hydrogen) atoms. The second-order valence-electron chi connectivity index (χ2n) is 4.81. The summed E-state index contributed by atoms with van der Waals surface area (Å²) in [5.74, 6) is -0.0820. The lowest BCUT2D eigenvalue weighted by Crippen LogP contribution is -2.29. The largest absolute Gasteiger partial charge is 0.463 e. The zero-order valence-electron chi connectivity index (χ0n) is 11.9. The maximum absolute atomic E-state index is 11.6. The first-order chi connectivity index (χ1) is 8.10. The van der Waals surface area contributed by atoms with E-state index < -0.39 is 0 Å². The SMILES string of the molecule is CCCCCCC(C)OC(=O)CC(C)NCC. The van der Waals surface area contributed by atoms with Crippen LogP contribution in [0, 0.1) is 0 Å². The standard InChI is InChI=1S/C14H29NO2/c1-5-7-8-9-10-13(4)17-14(16)11-12(3)15-6-2/h12-13,15H,5-11H2,1-4H3. The van der Waals surface area contributed by atoms with Gasteiger partial charge in [-0.15, -0.1) is 0 Å². The fraction of sp³-hybridized carbons (Fsp3) is 0.929. The van der Waals surface area contributed by atoms with E-state index in [9.17, 15) is 4.79 Å². The summed E-state index contributed by atoms with van der Waals surface area (Å²) >= 11 is 0. The van der Waals surface area contributed by atoms with Gasteiger partial charge in [-0.2, -0.15) is 0 Å². The normalized spacial score (nSPS) is 14.4. The number of nitrogens with one attached hydrogen (secondary N) is 1. The fourth-order valence-corrected chi connectivity index (χ4v) is 1.86. The van der Waals surface area contributed by atoms with Crippen LogP contribution in [0.5, 0.6) is 0 Å². The minimum atomic E-state index is -0.0820. The van der Waals surface area contributed by atoms with E-state index in [4.69, 9.17) is 4.74 Å². The van der Waals surface area contributed by atoms with Gasteiger partial charge in [0.25, 0.3) is 0 Å². The highest BCUT2D eigenvalue weighted by molar-refractivity contribution is 5.70. The Kier molecular flexibility index (Phi) is 10.2. The van der Waals surface area contributed by atoms with Crippen molar-refractivity contribution in [2.75, 3.05) is 6.54 Å². The summed E-state index contributed by atoms with van der Waals surface area (Å²) in [6, 6.07) is 0.208. The second-order valence-corrected chi connectivity index (χ2v) is 4.81. The van der Waals surface area contributed by atoms with E-state index >= 15 is 0 Å². The lowest BCUT2D eigenvalue weighted by atomic mass is 10.1. The Hall–Kier alpha value is -0.570. The average Bonchev–Trinajstić information content (AvgIpc) is 2.24. The van der Waals surface area contributed by atoms with Gasteiger partial charge in [0.15, 0.2) is 0 Å². The van der Waals surface area contributed by atoms with E-state index in [0.717, 1.165) is 19.4 Å². The highest BCUT2D eigenvalue weighted by Crippen LogP contribution is 2.09. The maximum atomic E-state index is 11.6. The van der Waals surface area contributed by atoms with Crippen molar-refractivity contribution in [2.45, 2.75) is 78.4 Å². The molecule has 0 aromatic heterocycles. The van der Waals surface area contributed by atoms with Gasteiger partial charge in [0.1, 0.15) is 0 Å². The van der Waals surface area contributed by atoms with Crippen LogP contribution < -0.4 is 5.32 Å². The van der Waals surface area contributed by atoms with Gasteiger partial charge in [0.05, 0.1) is 12.5 Å². The van der Waals surface area contributed by atoms with Crippen LogP contribution in [0.25, 0.3) is 0 Å². The molecule has 0 radical (unpaired) electrons. The van der Waals surface area contributed by atoms with Gasteiger partial charge < -0.3 is 10.1 Å². The Balaban J connectivity index is 3.58. The number of rotatable bonds is 10. The van der Waals surface area contributed by atoms with E-state index in [0.29, 0.717) is 6.42 Å². The average molecular weight is 243 g/mol. The minimum Gasteiger partial charge on any atom is -0.463 e. The van der Waals surface area contributed by atoms with E-state index in [2.05, 4.69) is 12.2 Å². The van der Waals surface area contributed by atoms with E-state index in [1.54, 1.807) is 0 Å². The molecule has 0 rings (SSSR count). The molecule has 0 aromatic rings. The number of esters is 1. The molecule has 0 fully saturated rings. The first-order valence-electron chi connectivity index (χ1n) is 7.03. The third-order valence-electron chi connectivity index (χ3n) is 2.82. The molecule has 0 aliphatic carbocycles. The molecule has 0 aliphatic rings. The summed E-state index contributed by atoms with van der Waals surface area (Å²) in [7, 11) is 0. The van der Waals surface area contributed by atoms with Gasteiger partial charge >= 0.3 is 5.97 Å². The highest BCUT2D eigenvalue weighted by Gasteiger charge is 2.12. The Morgan fingerprint density at radius 1 is 1.18 bits per heavy atom. The number of carbonyl (C=O) groups is 1. The third kappa shape index (κ3) is 10.3. The number of unbranched alkanes of at least 4 members (excludes halogenated alkanes) is 3. The van der Waals surface area contributed by atoms with Crippen LogP contribution in [0.3, 0.4) is 0 Å². The van der Waals surface area contributed by atoms with E-state index in [-0.39, 0.29) is 18.1 Å². The summed E-state index contributed by atoms with van der Waals surface area (Å²) in [5.41, 5.74) is 0. The number of carbonyl (C=O) groups excluding carboxylic acids is 1. The Labute approximate surface area is 106 Å². The lowest BCUT2D eigenvalue weighted by Gasteiger charge is -2.16. The Morgan fingerprint density at radius 3 is 2.47 bits per heavy atom. The molecule has 2 unspecified atom stereocenters. The molecule has 0 saturated carbocycles. The van der Waals surface area contributed by atoms with Crippen molar-refractivity contribution >= 4 is 5.97 Å². The van der Waals surface area contributed by atoms with Crippen molar-refractivity contribution in [1.82, 2.24) is 5.32 Å². The van der Waals surface area contributed by atoms with Gasteiger partial charge in [0.2, 0.25) is 0 Å². The molecule has 2 atom stereocenters. The van der Waals surface area contributed by atoms with Crippen LogP contribution >= 0.6 is 0 Å². The molecule has 0 saturated heterocycles. The van der Waals surface area contributed by atoms with Crippen LogP contribution in [0.2, 0.25) is 0 Å². The Bertz CT molecular complexity index is 195. The van der Waals surface area contributed by atoms with Gasteiger partial charge in [-0.05, 0) is 33.2 Å². The number of hydrogen-bond donors (Lipinski definition) is 1. The van der Waals surface area contributed by atoms with Crippen LogP contribution in [0.1, 0.15) is 66.2 Å². The molecule has 3 nitrogen and oxygen atoms in total. The van der Waals surface area contributed by atoms with Crippen LogP contribution in [0.15, 0.2) is 0 Å². The zero-order valence-corrected chi connectivity index (χ0v) is 11.9. The van der Waals surface area contributed by atoms with Crippen molar-refractivity contribution < 1.29 is 9.53 Å². The minimum absolute atomic E-state index is 0.0631. The molecule has 0 amide bonds. The molecule has 0 bridgehead atoms. The van der Waals surface area contributed by atoms with Crippen molar-refractivity contribution in [3.63, 3.8) is 0 Å². The number of hydrogen-bond acceptors (Lipinski definition) is 3.